The number of hydrogen-bond donors (Lipinski definition) is 1. The van der Waals surface area contributed by atoms with Crippen LogP contribution in [-0.2, 0) is 9.63 Å². The van der Waals surface area contributed by atoms with Gasteiger partial charge >= 0.3 is 5.97 Å². The van der Waals surface area contributed by atoms with Crippen LogP contribution >= 0.6 is 0 Å². The number of hydrogen-bond acceptors (Lipinski definition) is 7. The van der Waals surface area contributed by atoms with Gasteiger partial charge in [-0.2, -0.15) is 0 Å². The summed E-state index contributed by atoms with van der Waals surface area (Å²) in [5.74, 6) is -2.24. The molecule has 2 aromatic carbocycles. The van der Waals surface area contributed by atoms with E-state index in [0.29, 0.717) is 16.6 Å². The molecule has 28 heavy (non-hydrogen) atoms. The van der Waals surface area contributed by atoms with Gasteiger partial charge in [-0.25, -0.2) is 4.79 Å². The molecule has 1 N–H and O–H groups in total. The Labute approximate surface area is 159 Å². The molecule has 0 fully saturated rings. The van der Waals surface area contributed by atoms with Crippen molar-refractivity contribution in [3.8, 4) is 11.5 Å². The molecule has 0 aromatic heterocycles. The normalized spacial score (nSPS) is 12.4. The summed E-state index contributed by atoms with van der Waals surface area (Å²) < 4.78 is 10.2. The minimum absolute atomic E-state index is 0.146. The number of nitrogens with one attached hydrogen (secondary N) is 1. The predicted molar refractivity (Wildman–Crippen MR) is 94.9 cm³/mol. The number of imide groups is 1. The SMILES string of the molecule is COc1cc(OC)cc(C(=O)NCC(=O)ON2C(=O)c3ccccc3C2=O)c1. The summed E-state index contributed by atoms with van der Waals surface area (Å²) >= 11 is 0. The maximum atomic E-state index is 12.3. The minimum Gasteiger partial charge on any atom is -0.497 e. The monoisotopic (exact) mass is 384 g/mol. The topological polar surface area (TPSA) is 111 Å². The summed E-state index contributed by atoms with van der Waals surface area (Å²) in [7, 11) is 2.88. The van der Waals surface area contributed by atoms with E-state index in [9.17, 15) is 19.2 Å². The van der Waals surface area contributed by atoms with Crippen LogP contribution in [0.15, 0.2) is 42.5 Å². The van der Waals surface area contributed by atoms with Gasteiger partial charge in [-0.05, 0) is 24.3 Å². The Bertz CT molecular complexity index is 913. The number of ether oxygens (including phenoxy) is 2. The van der Waals surface area contributed by atoms with Gasteiger partial charge < -0.3 is 19.6 Å². The molecule has 0 bridgehead atoms. The van der Waals surface area contributed by atoms with Crippen molar-refractivity contribution in [2.75, 3.05) is 20.8 Å². The van der Waals surface area contributed by atoms with E-state index in [1.165, 1.54) is 38.5 Å². The number of nitrogens with zero attached hydrogens (tertiary/aromatic N) is 1. The molecule has 3 rings (SSSR count). The van der Waals surface area contributed by atoms with Gasteiger partial charge in [0.15, 0.2) is 0 Å². The first-order chi connectivity index (χ1) is 13.4. The van der Waals surface area contributed by atoms with E-state index in [4.69, 9.17) is 14.3 Å². The molecule has 1 aliphatic rings. The summed E-state index contributed by atoms with van der Waals surface area (Å²) in [4.78, 5) is 53.4. The van der Waals surface area contributed by atoms with Crippen molar-refractivity contribution in [2.24, 2.45) is 0 Å². The van der Waals surface area contributed by atoms with Gasteiger partial charge in [-0.1, -0.05) is 17.2 Å². The van der Waals surface area contributed by atoms with Crippen LogP contribution in [0.4, 0.5) is 0 Å². The highest BCUT2D eigenvalue weighted by atomic mass is 16.7. The quantitative estimate of drug-likeness (QED) is 0.745. The van der Waals surface area contributed by atoms with Gasteiger partial charge in [0.25, 0.3) is 17.7 Å². The molecule has 0 spiro atoms. The molecule has 0 saturated carbocycles. The summed E-state index contributed by atoms with van der Waals surface area (Å²) in [6.45, 7) is -0.550. The third-order valence-electron chi connectivity index (χ3n) is 3.96. The standard InChI is InChI=1S/C19H16N2O7/c1-26-12-7-11(8-13(9-12)27-2)17(23)20-10-16(22)28-21-18(24)14-5-3-4-6-15(14)19(21)25/h3-9H,10H2,1-2H3,(H,20,23). The Morgan fingerprint density at radius 3 is 1.96 bits per heavy atom. The molecule has 2 aromatic rings. The number of carbonyl (C=O) groups excluding carboxylic acids is 4. The molecule has 9 heteroatoms. The van der Waals surface area contributed by atoms with Gasteiger partial charge in [0.1, 0.15) is 18.0 Å². The maximum Gasteiger partial charge on any atom is 0.352 e. The molecule has 9 nitrogen and oxygen atoms in total. The lowest BCUT2D eigenvalue weighted by Gasteiger charge is -2.13. The number of methoxy groups -OCH3 is 2. The van der Waals surface area contributed by atoms with E-state index in [2.05, 4.69) is 5.32 Å². The van der Waals surface area contributed by atoms with Gasteiger partial charge in [0.2, 0.25) is 0 Å². The zero-order valence-corrected chi connectivity index (χ0v) is 15.1. The first kappa shape index (κ1) is 18.9. The molecule has 1 heterocycles. The number of carbonyl (C=O) groups is 4. The Hall–Kier alpha value is -3.88. The summed E-state index contributed by atoms with van der Waals surface area (Å²) in [5, 5.41) is 2.73. The van der Waals surface area contributed by atoms with Crippen LogP contribution in [0.2, 0.25) is 0 Å². The van der Waals surface area contributed by atoms with Crippen LogP contribution < -0.4 is 14.8 Å². The highest BCUT2D eigenvalue weighted by Crippen LogP contribution is 2.23. The van der Waals surface area contributed by atoms with Gasteiger partial charge in [-0.15, -0.1) is 0 Å². The van der Waals surface area contributed by atoms with Crippen molar-refractivity contribution < 1.29 is 33.5 Å². The third-order valence-corrected chi connectivity index (χ3v) is 3.96. The molecule has 1 aliphatic heterocycles. The predicted octanol–water partition coefficient (Wildman–Crippen LogP) is 1.19. The zero-order valence-electron chi connectivity index (χ0n) is 15.1. The van der Waals surface area contributed by atoms with Crippen LogP contribution in [0, 0.1) is 0 Å². The van der Waals surface area contributed by atoms with E-state index in [-0.39, 0.29) is 16.7 Å². The van der Waals surface area contributed by atoms with Crippen molar-refractivity contribution in [3.63, 3.8) is 0 Å². The van der Waals surface area contributed by atoms with E-state index in [1.807, 2.05) is 0 Å². The molecule has 0 unspecified atom stereocenters. The fraction of sp³-hybridized carbons (Fsp3) is 0.158. The average Bonchev–Trinajstić information content (AvgIpc) is 2.96. The second-order valence-electron chi connectivity index (χ2n) is 5.70. The van der Waals surface area contributed by atoms with E-state index < -0.39 is 30.2 Å². The van der Waals surface area contributed by atoms with Crippen molar-refractivity contribution in [2.45, 2.75) is 0 Å². The zero-order chi connectivity index (χ0) is 20.3. The molecular formula is C19H16N2O7. The first-order valence-corrected chi connectivity index (χ1v) is 8.14. The van der Waals surface area contributed by atoms with E-state index in [0.717, 1.165) is 0 Å². The fourth-order valence-corrected chi connectivity index (χ4v) is 2.58. The number of hydroxylamine groups is 2. The summed E-state index contributed by atoms with van der Waals surface area (Å²) in [6, 6.07) is 10.6. The van der Waals surface area contributed by atoms with Crippen molar-refractivity contribution in [1.29, 1.82) is 0 Å². The lowest BCUT2D eigenvalue weighted by atomic mass is 10.1. The second-order valence-corrected chi connectivity index (χ2v) is 5.70. The molecule has 0 aliphatic carbocycles. The summed E-state index contributed by atoms with van der Waals surface area (Å²) in [5.41, 5.74) is 0.491. The largest absolute Gasteiger partial charge is 0.497 e. The Morgan fingerprint density at radius 1 is 0.929 bits per heavy atom. The highest BCUT2D eigenvalue weighted by molar-refractivity contribution is 6.20. The molecule has 0 radical (unpaired) electrons. The maximum absolute atomic E-state index is 12.3. The first-order valence-electron chi connectivity index (χ1n) is 8.14. The molecule has 3 amide bonds. The average molecular weight is 384 g/mol. The molecule has 0 atom stereocenters. The van der Waals surface area contributed by atoms with Crippen LogP contribution in [0.25, 0.3) is 0 Å². The van der Waals surface area contributed by atoms with Gasteiger partial charge in [0, 0.05) is 11.6 Å². The van der Waals surface area contributed by atoms with E-state index >= 15 is 0 Å². The van der Waals surface area contributed by atoms with Crippen molar-refractivity contribution in [3.05, 3.63) is 59.2 Å². The molecular weight excluding hydrogens is 368 g/mol. The number of rotatable bonds is 6. The fourth-order valence-electron chi connectivity index (χ4n) is 2.58. The van der Waals surface area contributed by atoms with Crippen molar-refractivity contribution >= 4 is 23.7 Å². The van der Waals surface area contributed by atoms with Crippen LogP contribution in [0.3, 0.4) is 0 Å². The Kier molecular flexibility index (Phi) is 5.25. The molecule has 0 saturated heterocycles. The number of amides is 3. The van der Waals surface area contributed by atoms with E-state index in [1.54, 1.807) is 18.2 Å². The number of fused-ring (bicyclic) bond motifs is 1. The minimum atomic E-state index is -0.974. The molecule has 144 valence electrons. The van der Waals surface area contributed by atoms with Gasteiger partial charge in [-0.3, -0.25) is 14.4 Å². The summed E-state index contributed by atoms with van der Waals surface area (Å²) in [6.07, 6.45) is 0. The smallest absolute Gasteiger partial charge is 0.352 e. The number of benzene rings is 2. The van der Waals surface area contributed by atoms with Crippen LogP contribution in [0.1, 0.15) is 31.1 Å². The van der Waals surface area contributed by atoms with Crippen LogP contribution in [0.5, 0.6) is 11.5 Å². The second kappa shape index (κ2) is 7.78. The van der Waals surface area contributed by atoms with Gasteiger partial charge in [0.05, 0.1) is 25.3 Å². The van der Waals surface area contributed by atoms with Crippen molar-refractivity contribution in [1.82, 2.24) is 10.4 Å². The Morgan fingerprint density at radius 2 is 1.46 bits per heavy atom. The Balaban J connectivity index is 1.62. The lowest BCUT2D eigenvalue weighted by molar-refractivity contribution is -0.167. The lowest BCUT2D eigenvalue weighted by Crippen LogP contribution is -2.38. The third kappa shape index (κ3) is 3.63. The van der Waals surface area contributed by atoms with Crippen LogP contribution in [-0.4, -0.2) is 49.5 Å². The highest BCUT2D eigenvalue weighted by Gasteiger charge is 2.38.